The van der Waals surface area contributed by atoms with Gasteiger partial charge in [0.15, 0.2) is 0 Å². The van der Waals surface area contributed by atoms with Crippen LogP contribution in [0.2, 0.25) is 10.0 Å². The van der Waals surface area contributed by atoms with Crippen molar-refractivity contribution in [2.45, 2.75) is 80.8 Å². The molecular weight excluding hydrogens is 637 g/mol. The van der Waals surface area contributed by atoms with Gasteiger partial charge in [0.2, 0.25) is 11.8 Å². The molecule has 0 bridgehead atoms. The van der Waals surface area contributed by atoms with E-state index in [-0.39, 0.29) is 23.4 Å². The highest BCUT2D eigenvalue weighted by Gasteiger charge is 2.34. The number of halogens is 2. The van der Waals surface area contributed by atoms with Gasteiger partial charge in [0, 0.05) is 27.5 Å². The van der Waals surface area contributed by atoms with Crippen LogP contribution in [0.1, 0.15) is 56.6 Å². The minimum Gasteiger partial charge on any atom is -0.352 e. The second kappa shape index (κ2) is 15.5. The van der Waals surface area contributed by atoms with Crippen molar-refractivity contribution >= 4 is 62.5 Å². The van der Waals surface area contributed by atoms with Crippen LogP contribution in [0.15, 0.2) is 76.5 Å². The van der Waals surface area contributed by atoms with Crippen molar-refractivity contribution in [2.75, 3.05) is 17.1 Å². The maximum atomic E-state index is 14.3. The van der Waals surface area contributed by atoms with Gasteiger partial charge in [-0.3, -0.25) is 13.9 Å². The first kappa shape index (κ1) is 34.2. The normalized spacial score (nSPS) is 14.6. The Morgan fingerprint density at radius 2 is 1.64 bits per heavy atom. The molecule has 0 unspecified atom stereocenters. The molecule has 3 aromatic carbocycles. The fraction of sp³-hybridized carbons (Fsp3) is 0.394. The smallest absolute Gasteiger partial charge is 0.264 e. The Morgan fingerprint density at radius 1 is 0.977 bits per heavy atom. The number of benzene rings is 3. The molecule has 1 atom stereocenters. The second-order valence-corrected chi connectivity index (χ2v) is 14.6. The average molecular weight is 677 g/mol. The summed E-state index contributed by atoms with van der Waals surface area (Å²) in [5.74, 6) is -0.776. The third kappa shape index (κ3) is 8.50. The van der Waals surface area contributed by atoms with Crippen LogP contribution in [-0.2, 0) is 26.2 Å². The third-order valence-electron chi connectivity index (χ3n) is 7.94. The van der Waals surface area contributed by atoms with E-state index in [9.17, 15) is 18.0 Å². The van der Waals surface area contributed by atoms with Gasteiger partial charge >= 0.3 is 0 Å². The highest BCUT2D eigenvalue weighted by Crippen LogP contribution is 2.28. The number of nitrogens with one attached hydrogen (secondary N) is 1. The number of anilines is 1. The Bertz CT molecular complexity index is 1540. The summed E-state index contributed by atoms with van der Waals surface area (Å²) in [5.41, 5.74) is 1.90. The van der Waals surface area contributed by atoms with E-state index in [4.69, 9.17) is 23.2 Å². The fourth-order valence-corrected chi connectivity index (χ4v) is 7.70. The van der Waals surface area contributed by atoms with Crippen molar-refractivity contribution in [1.82, 2.24) is 10.2 Å². The predicted molar refractivity (Wildman–Crippen MR) is 180 cm³/mol. The molecule has 3 aromatic rings. The zero-order valence-corrected chi connectivity index (χ0v) is 28.4. The molecule has 0 aromatic heterocycles. The first-order valence-corrected chi connectivity index (χ1v) is 18.2. The molecule has 2 amide bonds. The van der Waals surface area contributed by atoms with E-state index in [0.717, 1.165) is 46.9 Å². The minimum atomic E-state index is -4.15. The number of nitrogens with zero attached hydrogens (tertiary/aromatic N) is 2. The van der Waals surface area contributed by atoms with Crippen LogP contribution in [0.3, 0.4) is 0 Å². The molecule has 0 aliphatic heterocycles. The SMILES string of the molecule is CC[C@@H](C(=O)NC1CCCCC1)N(Cc1ccc(Cl)cc1Cl)C(=O)CN(c1ccc(C)cc1)S(=O)(=O)c1ccc(SC)cc1. The number of hydrogen-bond donors (Lipinski definition) is 1. The topological polar surface area (TPSA) is 86.8 Å². The Morgan fingerprint density at radius 3 is 2.23 bits per heavy atom. The molecule has 11 heteroatoms. The van der Waals surface area contributed by atoms with E-state index in [1.807, 2.05) is 20.1 Å². The largest absolute Gasteiger partial charge is 0.352 e. The van der Waals surface area contributed by atoms with Crippen molar-refractivity contribution < 1.29 is 18.0 Å². The van der Waals surface area contributed by atoms with E-state index in [1.54, 1.807) is 66.7 Å². The summed E-state index contributed by atoms with van der Waals surface area (Å²) in [7, 11) is -4.15. The summed E-state index contributed by atoms with van der Waals surface area (Å²) in [6, 6.07) is 17.7. The molecule has 236 valence electrons. The first-order chi connectivity index (χ1) is 21.0. The van der Waals surface area contributed by atoms with Gasteiger partial charge in [0.05, 0.1) is 10.6 Å². The summed E-state index contributed by atoms with van der Waals surface area (Å²) in [6.07, 6.45) is 7.28. The van der Waals surface area contributed by atoms with E-state index < -0.39 is 28.5 Å². The molecule has 1 aliphatic rings. The zero-order valence-electron chi connectivity index (χ0n) is 25.3. The number of thioether (sulfide) groups is 1. The van der Waals surface area contributed by atoms with E-state index in [2.05, 4.69) is 5.32 Å². The summed E-state index contributed by atoms with van der Waals surface area (Å²) in [6.45, 7) is 3.25. The van der Waals surface area contributed by atoms with Gasteiger partial charge in [-0.25, -0.2) is 8.42 Å². The molecule has 0 heterocycles. The molecule has 0 saturated heterocycles. The number of carbonyl (C=O) groups excluding carboxylic acids is 2. The molecule has 44 heavy (non-hydrogen) atoms. The van der Waals surface area contributed by atoms with Gasteiger partial charge in [0.25, 0.3) is 10.0 Å². The van der Waals surface area contributed by atoms with Crippen molar-refractivity contribution in [2.24, 2.45) is 0 Å². The maximum Gasteiger partial charge on any atom is 0.264 e. The van der Waals surface area contributed by atoms with Crippen LogP contribution >= 0.6 is 35.0 Å². The molecule has 1 aliphatic carbocycles. The van der Waals surface area contributed by atoms with Crippen LogP contribution < -0.4 is 9.62 Å². The van der Waals surface area contributed by atoms with Gasteiger partial charge in [-0.2, -0.15) is 0 Å². The van der Waals surface area contributed by atoms with E-state index >= 15 is 0 Å². The van der Waals surface area contributed by atoms with Crippen molar-refractivity contribution in [3.8, 4) is 0 Å². The fourth-order valence-electron chi connectivity index (χ4n) is 5.41. The van der Waals surface area contributed by atoms with E-state index in [0.29, 0.717) is 27.7 Å². The van der Waals surface area contributed by atoms with E-state index in [1.165, 1.54) is 16.7 Å². The highest BCUT2D eigenvalue weighted by molar-refractivity contribution is 7.98. The first-order valence-electron chi connectivity index (χ1n) is 14.8. The van der Waals surface area contributed by atoms with Gasteiger partial charge < -0.3 is 10.2 Å². The summed E-state index contributed by atoms with van der Waals surface area (Å²) >= 11 is 14.2. The molecule has 7 nitrogen and oxygen atoms in total. The highest BCUT2D eigenvalue weighted by atomic mass is 35.5. The van der Waals surface area contributed by atoms with Crippen LogP contribution in [-0.4, -0.2) is 50.0 Å². The minimum absolute atomic E-state index is 0.00956. The molecule has 1 saturated carbocycles. The van der Waals surface area contributed by atoms with Crippen molar-refractivity contribution in [3.05, 3.63) is 87.9 Å². The number of amides is 2. The maximum absolute atomic E-state index is 14.3. The van der Waals surface area contributed by atoms with Crippen LogP contribution in [0.5, 0.6) is 0 Å². The quantitative estimate of drug-likeness (QED) is 0.201. The molecule has 0 spiro atoms. The van der Waals surface area contributed by atoms with Gasteiger partial charge in [0.1, 0.15) is 12.6 Å². The average Bonchev–Trinajstić information content (AvgIpc) is 3.01. The summed E-state index contributed by atoms with van der Waals surface area (Å²) < 4.78 is 29.3. The Balaban J connectivity index is 1.72. The Kier molecular flexibility index (Phi) is 12.0. The lowest BCUT2D eigenvalue weighted by Gasteiger charge is -2.34. The monoisotopic (exact) mass is 675 g/mol. The predicted octanol–water partition coefficient (Wildman–Crippen LogP) is 7.48. The van der Waals surface area contributed by atoms with Crippen molar-refractivity contribution in [3.63, 3.8) is 0 Å². The van der Waals surface area contributed by atoms with Crippen LogP contribution in [0.25, 0.3) is 0 Å². The standard InChI is InChI=1S/C33H39Cl2N3O4S2/c1-4-31(33(40)36-26-8-6-5-7-9-26)37(21-24-12-13-25(34)20-30(24)35)32(39)22-38(27-14-10-23(2)11-15-27)44(41,42)29-18-16-28(43-3)17-19-29/h10-20,26,31H,4-9,21-22H2,1-3H3,(H,36,40)/t31-/m0/s1. The number of rotatable bonds is 12. The molecule has 4 rings (SSSR count). The van der Waals surface area contributed by atoms with Crippen LogP contribution in [0, 0.1) is 6.92 Å². The Hall–Kier alpha value is -2.72. The summed E-state index contributed by atoms with van der Waals surface area (Å²) in [4.78, 5) is 30.4. The van der Waals surface area contributed by atoms with Gasteiger partial charge in [-0.15, -0.1) is 11.8 Å². The van der Waals surface area contributed by atoms with Gasteiger partial charge in [-0.05, 0) is 86.5 Å². The third-order valence-corrected chi connectivity index (χ3v) is 11.1. The summed E-state index contributed by atoms with van der Waals surface area (Å²) in [5, 5.41) is 3.96. The molecule has 0 radical (unpaired) electrons. The lowest BCUT2D eigenvalue weighted by atomic mass is 9.95. The molecule has 1 N–H and O–H groups in total. The zero-order chi connectivity index (χ0) is 31.9. The second-order valence-electron chi connectivity index (χ2n) is 11.0. The number of hydrogen-bond acceptors (Lipinski definition) is 5. The van der Waals surface area contributed by atoms with Crippen molar-refractivity contribution in [1.29, 1.82) is 0 Å². The lowest BCUT2D eigenvalue weighted by Crippen LogP contribution is -2.54. The Labute approximate surface area is 275 Å². The number of sulfonamides is 1. The number of aryl methyl sites for hydroxylation is 1. The molecular formula is C33H39Cl2N3O4S2. The van der Waals surface area contributed by atoms with Gasteiger partial charge in [-0.1, -0.05) is 73.2 Å². The van der Waals surface area contributed by atoms with Crippen LogP contribution in [0.4, 0.5) is 5.69 Å². The molecule has 1 fully saturated rings. The number of carbonyl (C=O) groups is 2. The lowest BCUT2D eigenvalue weighted by molar-refractivity contribution is -0.140.